The van der Waals surface area contributed by atoms with Crippen LogP contribution in [0.15, 0.2) is 29.1 Å². The number of carbonyl (C=O) groups excluding carboxylic acids is 1. The number of para-hydroxylation sites is 1. The SMILES string of the molecule is CCCCCn1c(CC)cc(=O)c(C(=O)Nc2c(CC)cccc2CC)c1C. The van der Waals surface area contributed by atoms with E-state index < -0.39 is 0 Å². The Hall–Kier alpha value is -2.36. The minimum absolute atomic E-state index is 0.189. The zero-order valence-corrected chi connectivity index (χ0v) is 18.0. The van der Waals surface area contributed by atoms with Crippen LogP contribution in [0, 0.1) is 6.92 Å². The standard InChI is InChI=1S/C24H34N2O2/c1-6-10-11-15-26-17(5)22(21(27)16-20(26)9-4)24(28)25-23-18(7-2)13-12-14-19(23)8-3/h12-14,16H,6-11,15H2,1-5H3,(H,25,28). The lowest BCUT2D eigenvalue weighted by molar-refractivity contribution is 0.102. The van der Waals surface area contributed by atoms with E-state index in [-0.39, 0.29) is 16.9 Å². The molecule has 0 unspecified atom stereocenters. The molecule has 0 spiro atoms. The molecule has 28 heavy (non-hydrogen) atoms. The van der Waals surface area contributed by atoms with Crippen LogP contribution in [-0.2, 0) is 25.8 Å². The van der Waals surface area contributed by atoms with Crippen molar-refractivity contribution in [1.82, 2.24) is 4.57 Å². The molecular weight excluding hydrogens is 348 g/mol. The predicted molar refractivity (Wildman–Crippen MR) is 117 cm³/mol. The molecule has 1 N–H and O–H groups in total. The molecule has 2 aromatic rings. The van der Waals surface area contributed by atoms with Gasteiger partial charge in [0.25, 0.3) is 5.91 Å². The fourth-order valence-corrected chi connectivity index (χ4v) is 3.81. The molecular formula is C24H34N2O2. The van der Waals surface area contributed by atoms with Crippen LogP contribution in [0.4, 0.5) is 5.69 Å². The number of nitrogens with one attached hydrogen (secondary N) is 1. The number of unbranched alkanes of at least 4 members (excludes halogenated alkanes) is 2. The van der Waals surface area contributed by atoms with Crippen molar-refractivity contribution in [2.75, 3.05) is 5.32 Å². The first-order valence-corrected chi connectivity index (χ1v) is 10.6. The highest BCUT2D eigenvalue weighted by Gasteiger charge is 2.20. The molecule has 0 fully saturated rings. The largest absolute Gasteiger partial charge is 0.348 e. The molecule has 1 heterocycles. The summed E-state index contributed by atoms with van der Waals surface area (Å²) in [6.45, 7) is 11.1. The Morgan fingerprint density at radius 3 is 2.18 bits per heavy atom. The zero-order valence-electron chi connectivity index (χ0n) is 18.0. The van der Waals surface area contributed by atoms with Gasteiger partial charge in [0, 0.05) is 29.7 Å². The third-order valence-electron chi connectivity index (χ3n) is 5.47. The summed E-state index contributed by atoms with van der Waals surface area (Å²) in [6, 6.07) is 7.73. The van der Waals surface area contributed by atoms with Crippen molar-refractivity contribution in [2.24, 2.45) is 0 Å². The number of pyridine rings is 1. The van der Waals surface area contributed by atoms with E-state index in [0.717, 1.165) is 73.3 Å². The number of anilines is 1. The van der Waals surface area contributed by atoms with Crippen molar-refractivity contribution in [1.29, 1.82) is 0 Å². The molecule has 0 saturated carbocycles. The Morgan fingerprint density at radius 1 is 1.00 bits per heavy atom. The van der Waals surface area contributed by atoms with Gasteiger partial charge in [-0.1, -0.05) is 58.7 Å². The molecule has 4 nitrogen and oxygen atoms in total. The quantitative estimate of drug-likeness (QED) is 0.599. The van der Waals surface area contributed by atoms with Crippen molar-refractivity contribution in [3.05, 3.63) is 62.6 Å². The number of rotatable bonds is 9. The minimum atomic E-state index is -0.301. The van der Waals surface area contributed by atoms with Crippen LogP contribution in [0.25, 0.3) is 0 Å². The minimum Gasteiger partial charge on any atom is -0.348 e. The molecule has 1 aromatic carbocycles. The summed E-state index contributed by atoms with van der Waals surface area (Å²) in [7, 11) is 0. The van der Waals surface area contributed by atoms with E-state index in [9.17, 15) is 9.59 Å². The number of aryl methyl sites for hydroxylation is 3. The van der Waals surface area contributed by atoms with E-state index in [1.807, 2.05) is 25.1 Å². The van der Waals surface area contributed by atoms with Gasteiger partial charge in [0.1, 0.15) is 5.56 Å². The highest BCUT2D eigenvalue weighted by molar-refractivity contribution is 6.05. The molecule has 4 heteroatoms. The molecule has 0 radical (unpaired) electrons. The summed E-state index contributed by atoms with van der Waals surface area (Å²) < 4.78 is 2.15. The number of amides is 1. The van der Waals surface area contributed by atoms with Gasteiger partial charge in [-0.25, -0.2) is 0 Å². The Labute approximate surface area is 169 Å². The Kier molecular flexibility index (Phi) is 8.04. The van der Waals surface area contributed by atoms with Gasteiger partial charge in [-0.3, -0.25) is 9.59 Å². The van der Waals surface area contributed by atoms with Crippen molar-refractivity contribution < 1.29 is 4.79 Å². The monoisotopic (exact) mass is 382 g/mol. The first kappa shape index (κ1) is 21.9. The molecule has 0 aliphatic carbocycles. The van der Waals surface area contributed by atoms with Crippen molar-refractivity contribution in [3.8, 4) is 0 Å². The fourth-order valence-electron chi connectivity index (χ4n) is 3.81. The van der Waals surface area contributed by atoms with Crippen LogP contribution in [-0.4, -0.2) is 10.5 Å². The molecule has 0 aliphatic rings. The summed E-state index contributed by atoms with van der Waals surface area (Å²) in [5, 5.41) is 3.06. The number of benzene rings is 1. The second-order valence-electron chi connectivity index (χ2n) is 7.29. The molecule has 0 atom stereocenters. The number of aromatic nitrogens is 1. The Bertz CT molecular complexity index is 859. The van der Waals surface area contributed by atoms with Crippen LogP contribution < -0.4 is 10.7 Å². The van der Waals surface area contributed by atoms with E-state index in [1.165, 1.54) is 0 Å². The average molecular weight is 383 g/mol. The van der Waals surface area contributed by atoms with Crippen LogP contribution in [0.3, 0.4) is 0 Å². The van der Waals surface area contributed by atoms with E-state index in [4.69, 9.17) is 0 Å². The molecule has 152 valence electrons. The molecule has 0 aliphatic heterocycles. The van der Waals surface area contributed by atoms with Crippen LogP contribution in [0.1, 0.15) is 79.8 Å². The normalized spacial score (nSPS) is 10.9. The highest BCUT2D eigenvalue weighted by Crippen LogP contribution is 2.23. The topological polar surface area (TPSA) is 51.1 Å². The third-order valence-corrected chi connectivity index (χ3v) is 5.47. The van der Waals surface area contributed by atoms with E-state index in [0.29, 0.717) is 0 Å². The van der Waals surface area contributed by atoms with E-state index in [2.05, 4.69) is 37.6 Å². The number of hydrogen-bond acceptors (Lipinski definition) is 2. The van der Waals surface area contributed by atoms with Crippen molar-refractivity contribution >= 4 is 11.6 Å². The van der Waals surface area contributed by atoms with E-state index >= 15 is 0 Å². The van der Waals surface area contributed by atoms with Gasteiger partial charge in [-0.15, -0.1) is 0 Å². The predicted octanol–water partition coefficient (Wildman–Crippen LogP) is 5.29. The molecule has 1 aromatic heterocycles. The average Bonchev–Trinajstić information content (AvgIpc) is 2.69. The maximum Gasteiger partial charge on any atom is 0.261 e. The molecule has 0 saturated heterocycles. The van der Waals surface area contributed by atoms with Gasteiger partial charge in [0.2, 0.25) is 0 Å². The lowest BCUT2D eigenvalue weighted by atomic mass is 10.0. The Balaban J connectivity index is 2.46. The van der Waals surface area contributed by atoms with Crippen molar-refractivity contribution in [2.45, 2.75) is 79.7 Å². The summed E-state index contributed by atoms with van der Waals surface area (Å²) in [5.74, 6) is -0.301. The van der Waals surface area contributed by atoms with Crippen LogP contribution >= 0.6 is 0 Å². The second kappa shape index (κ2) is 10.3. The molecule has 1 amide bonds. The Morgan fingerprint density at radius 2 is 1.64 bits per heavy atom. The maximum atomic E-state index is 13.1. The van der Waals surface area contributed by atoms with Gasteiger partial charge in [-0.05, 0) is 43.7 Å². The first-order chi connectivity index (χ1) is 13.5. The lowest BCUT2D eigenvalue weighted by Crippen LogP contribution is -2.28. The number of carbonyl (C=O) groups is 1. The van der Waals surface area contributed by atoms with Gasteiger partial charge >= 0.3 is 0 Å². The summed E-state index contributed by atoms with van der Waals surface area (Å²) >= 11 is 0. The third kappa shape index (κ3) is 4.73. The molecule has 2 rings (SSSR count). The lowest BCUT2D eigenvalue weighted by Gasteiger charge is -2.20. The first-order valence-electron chi connectivity index (χ1n) is 10.6. The highest BCUT2D eigenvalue weighted by atomic mass is 16.2. The molecule has 0 bridgehead atoms. The fraction of sp³-hybridized carbons (Fsp3) is 0.500. The van der Waals surface area contributed by atoms with E-state index in [1.54, 1.807) is 6.07 Å². The van der Waals surface area contributed by atoms with Crippen LogP contribution in [0.5, 0.6) is 0 Å². The van der Waals surface area contributed by atoms with Gasteiger partial charge in [0.05, 0.1) is 0 Å². The van der Waals surface area contributed by atoms with Gasteiger partial charge < -0.3 is 9.88 Å². The van der Waals surface area contributed by atoms with Crippen molar-refractivity contribution in [3.63, 3.8) is 0 Å². The number of nitrogens with zero attached hydrogens (tertiary/aromatic N) is 1. The second-order valence-corrected chi connectivity index (χ2v) is 7.29. The maximum absolute atomic E-state index is 13.1. The number of hydrogen-bond donors (Lipinski definition) is 1. The summed E-state index contributed by atoms with van der Waals surface area (Å²) in [6.07, 6.45) is 5.77. The van der Waals surface area contributed by atoms with Gasteiger partial charge in [0.15, 0.2) is 5.43 Å². The van der Waals surface area contributed by atoms with Crippen LogP contribution in [0.2, 0.25) is 0 Å². The smallest absolute Gasteiger partial charge is 0.261 e. The summed E-state index contributed by atoms with van der Waals surface area (Å²) in [5.41, 5.74) is 4.89. The zero-order chi connectivity index (χ0) is 20.7. The van der Waals surface area contributed by atoms with Gasteiger partial charge in [-0.2, -0.15) is 0 Å². The summed E-state index contributed by atoms with van der Waals surface area (Å²) in [4.78, 5) is 25.9.